The highest BCUT2D eigenvalue weighted by molar-refractivity contribution is 7.47. The highest BCUT2D eigenvalue weighted by atomic mass is 31.2. The topological polar surface area (TPSA) is 155 Å². The van der Waals surface area contributed by atoms with E-state index in [0.29, 0.717) is 13.0 Å². The molecule has 0 saturated heterocycles. The van der Waals surface area contributed by atoms with Crippen LogP contribution in [-0.2, 0) is 32.7 Å². The molecular weight excluding hydrogens is 766 g/mol. The first-order valence-electron chi connectivity index (χ1n) is 23.0. The zero-order valence-electron chi connectivity index (χ0n) is 37.1. The summed E-state index contributed by atoms with van der Waals surface area (Å²) in [7, 11) is -4.63. The Labute approximate surface area is 359 Å². The molecule has 0 aliphatic heterocycles. The molecule has 0 heterocycles. The molecule has 0 aromatic rings. The van der Waals surface area contributed by atoms with Gasteiger partial charge in [-0.3, -0.25) is 18.6 Å². The van der Waals surface area contributed by atoms with E-state index < -0.39 is 45.1 Å². The number of hydrogen-bond donors (Lipinski definition) is 3. The van der Waals surface area contributed by atoms with Crippen LogP contribution in [0.1, 0.15) is 181 Å². The second-order valence-electron chi connectivity index (χ2n) is 15.1. The van der Waals surface area contributed by atoms with E-state index in [1.807, 2.05) is 0 Å². The van der Waals surface area contributed by atoms with Gasteiger partial charge in [-0.25, -0.2) is 4.57 Å². The third-order valence-electron chi connectivity index (χ3n) is 9.47. The van der Waals surface area contributed by atoms with Gasteiger partial charge in [0.25, 0.3) is 0 Å². The van der Waals surface area contributed by atoms with E-state index >= 15 is 0 Å². The number of carboxylic acid groups (broad SMARTS) is 1. The Morgan fingerprint density at radius 1 is 0.559 bits per heavy atom. The number of rotatable bonds is 43. The summed E-state index contributed by atoms with van der Waals surface area (Å²) in [5.74, 6) is -1.80. The summed E-state index contributed by atoms with van der Waals surface area (Å²) < 4.78 is 33.4. The van der Waals surface area contributed by atoms with Crippen molar-refractivity contribution in [2.24, 2.45) is 5.73 Å². The van der Waals surface area contributed by atoms with Gasteiger partial charge in [0.15, 0.2) is 0 Å². The van der Waals surface area contributed by atoms with Gasteiger partial charge in [0, 0.05) is 13.0 Å². The predicted molar refractivity (Wildman–Crippen MR) is 244 cm³/mol. The maximum atomic E-state index is 12.7. The molecule has 0 aromatic heterocycles. The van der Waals surface area contributed by atoms with Gasteiger partial charge in [0.05, 0.1) is 19.8 Å². The van der Waals surface area contributed by atoms with E-state index in [1.165, 1.54) is 70.6 Å². The van der Waals surface area contributed by atoms with Crippen LogP contribution in [-0.4, -0.2) is 60.5 Å². The Kier molecular flexibility index (Phi) is 41.6. The average molecular weight is 850 g/mol. The van der Waals surface area contributed by atoms with Gasteiger partial charge < -0.3 is 25.2 Å². The zero-order chi connectivity index (χ0) is 43.3. The standard InChI is InChI=1S/C48H84NO9P/c1-3-5-7-9-11-13-15-17-19-21-22-23-24-25-26-28-30-32-34-36-38-40-47(50)58-45(43-56-59(53,54)57-44-46(49)48(51)52)42-55-41-39-37-35-33-31-29-27-20-18-16-14-12-10-8-6-4-2/h5,7,11-14,17-20,22-23,45-46H,3-4,6,8-10,15-16,21,24-44,49H2,1-2H3,(H,51,52)(H,53,54)/b7-5-,13-11-,14-12-,19-17-,20-18-,23-22-. The maximum absolute atomic E-state index is 12.7. The van der Waals surface area contributed by atoms with Crippen molar-refractivity contribution in [3.8, 4) is 0 Å². The number of hydrogen-bond acceptors (Lipinski definition) is 8. The molecule has 4 N–H and O–H groups in total. The van der Waals surface area contributed by atoms with Gasteiger partial charge in [-0.2, -0.15) is 0 Å². The number of esters is 1. The van der Waals surface area contributed by atoms with Crippen LogP contribution >= 0.6 is 7.82 Å². The number of phosphoric acid groups is 1. The van der Waals surface area contributed by atoms with E-state index in [-0.39, 0.29) is 13.0 Å². The largest absolute Gasteiger partial charge is 0.480 e. The van der Waals surface area contributed by atoms with Gasteiger partial charge in [-0.15, -0.1) is 0 Å². The Morgan fingerprint density at radius 2 is 0.983 bits per heavy atom. The quantitative estimate of drug-likeness (QED) is 0.0234. The van der Waals surface area contributed by atoms with Crippen molar-refractivity contribution in [1.82, 2.24) is 0 Å². The number of unbranched alkanes of at least 4 members (excludes halogenated alkanes) is 17. The minimum absolute atomic E-state index is 0.00290. The van der Waals surface area contributed by atoms with Crippen LogP contribution < -0.4 is 5.73 Å². The molecule has 340 valence electrons. The molecule has 0 aliphatic carbocycles. The van der Waals surface area contributed by atoms with Crippen molar-refractivity contribution < 1.29 is 42.7 Å². The Bertz CT molecular complexity index is 1210. The third kappa shape index (κ3) is 43.3. The monoisotopic (exact) mass is 850 g/mol. The first-order valence-corrected chi connectivity index (χ1v) is 24.5. The van der Waals surface area contributed by atoms with Crippen LogP contribution in [0.25, 0.3) is 0 Å². The number of aliphatic carboxylic acids is 1. The van der Waals surface area contributed by atoms with Gasteiger partial charge in [-0.1, -0.05) is 164 Å². The third-order valence-corrected chi connectivity index (χ3v) is 10.4. The van der Waals surface area contributed by atoms with Gasteiger partial charge >= 0.3 is 19.8 Å². The van der Waals surface area contributed by atoms with Crippen molar-refractivity contribution in [3.05, 3.63) is 72.9 Å². The number of carbonyl (C=O) groups excluding carboxylic acids is 1. The molecule has 0 aromatic carbocycles. The molecule has 0 amide bonds. The molecule has 3 atom stereocenters. The lowest BCUT2D eigenvalue weighted by molar-refractivity contribution is -0.154. The summed E-state index contributed by atoms with van der Waals surface area (Å²) >= 11 is 0. The molecular formula is C48H84NO9P. The fourth-order valence-electron chi connectivity index (χ4n) is 5.92. The first kappa shape index (κ1) is 56.4. The molecule has 0 bridgehead atoms. The Hall–Kier alpha value is -2.59. The minimum Gasteiger partial charge on any atom is -0.480 e. The number of carbonyl (C=O) groups is 2. The lowest BCUT2D eigenvalue weighted by Crippen LogP contribution is -2.34. The smallest absolute Gasteiger partial charge is 0.472 e. The van der Waals surface area contributed by atoms with E-state index in [0.717, 1.165) is 83.5 Å². The summed E-state index contributed by atoms with van der Waals surface area (Å²) in [6.45, 7) is 3.70. The van der Waals surface area contributed by atoms with Crippen LogP contribution in [0.15, 0.2) is 72.9 Å². The second kappa shape index (κ2) is 43.5. The summed E-state index contributed by atoms with van der Waals surface area (Å²) in [5, 5.41) is 8.91. The lowest BCUT2D eigenvalue weighted by Gasteiger charge is -2.20. The Morgan fingerprint density at radius 3 is 1.47 bits per heavy atom. The minimum atomic E-state index is -4.63. The van der Waals surface area contributed by atoms with Gasteiger partial charge in [0.2, 0.25) is 0 Å². The van der Waals surface area contributed by atoms with E-state index in [4.69, 9.17) is 29.4 Å². The molecule has 3 unspecified atom stereocenters. The van der Waals surface area contributed by atoms with Crippen molar-refractivity contribution in [1.29, 1.82) is 0 Å². The molecule has 0 aliphatic rings. The summed E-state index contributed by atoms with van der Waals surface area (Å²) in [5.41, 5.74) is 5.36. The number of nitrogens with two attached hydrogens (primary N) is 1. The molecule has 59 heavy (non-hydrogen) atoms. The van der Waals surface area contributed by atoms with Gasteiger partial charge in [0.1, 0.15) is 12.1 Å². The zero-order valence-corrected chi connectivity index (χ0v) is 38.0. The van der Waals surface area contributed by atoms with Crippen LogP contribution in [0.2, 0.25) is 0 Å². The van der Waals surface area contributed by atoms with Crippen molar-refractivity contribution in [2.45, 2.75) is 193 Å². The summed E-state index contributed by atoms with van der Waals surface area (Å²) in [6, 6.07) is -1.48. The van der Waals surface area contributed by atoms with Gasteiger partial charge in [-0.05, 0) is 83.5 Å². The molecule has 11 heteroatoms. The SMILES string of the molecule is CC/C=C\C/C=C\C/C=C\C/C=C\CCCCCCCCCCC(=O)OC(COCCCCCCCC/C=C\C/C=C\CCCCC)COP(=O)(O)OCC(N)C(=O)O. The maximum Gasteiger partial charge on any atom is 0.472 e. The average Bonchev–Trinajstić information content (AvgIpc) is 3.21. The van der Waals surface area contributed by atoms with Crippen molar-refractivity contribution in [2.75, 3.05) is 26.4 Å². The number of allylic oxidation sites excluding steroid dienone is 12. The summed E-state index contributed by atoms with van der Waals surface area (Å²) in [4.78, 5) is 33.6. The van der Waals surface area contributed by atoms with Crippen LogP contribution in [0.3, 0.4) is 0 Å². The molecule has 10 nitrogen and oxygen atoms in total. The number of ether oxygens (including phenoxy) is 2. The summed E-state index contributed by atoms with van der Waals surface area (Å²) in [6.07, 6.45) is 53.7. The molecule has 0 spiro atoms. The predicted octanol–water partition coefficient (Wildman–Crippen LogP) is 13.0. The number of phosphoric ester groups is 1. The van der Waals surface area contributed by atoms with Crippen molar-refractivity contribution in [3.63, 3.8) is 0 Å². The molecule has 0 radical (unpaired) electrons. The molecule has 0 saturated carbocycles. The molecule has 0 rings (SSSR count). The fraction of sp³-hybridized carbons (Fsp3) is 0.708. The highest BCUT2D eigenvalue weighted by Crippen LogP contribution is 2.43. The van der Waals surface area contributed by atoms with Crippen LogP contribution in [0.5, 0.6) is 0 Å². The van der Waals surface area contributed by atoms with Crippen molar-refractivity contribution >= 4 is 19.8 Å². The lowest BCUT2D eigenvalue weighted by atomic mass is 10.1. The highest BCUT2D eigenvalue weighted by Gasteiger charge is 2.27. The van der Waals surface area contributed by atoms with E-state index in [9.17, 15) is 19.0 Å². The van der Waals surface area contributed by atoms with Crippen LogP contribution in [0.4, 0.5) is 0 Å². The fourth-order valence-corrected chi connectivity index (χ4v) is 6.70. The Balaban J connectivity index is 4.25. The number of carboxylic acids is 1. The van der Waals surface area contributed by atoms with Crippen LogP contribution in [0, 0.1) is 0 Å². The van der Waals surface area contributed by atoms with E-state index in [2.05, 4.69) is 86.8 Å². The normalized spacial score (nSPS) is 14.5. The first-order chi connectivity index (χ1) is 28.7. The molecule has 0 fully saturated rings. The second-order valence-corrected chi connectivity index (χ2v) is 16.6. The van der Waals surface area contributed by atoms with E-state index in [1.54, 1.807) is 0 Å².